The minimum Gasteiger partial charge on any atom is -0.492 e. The molecule has 10 heteroatoms. The molecule has 146 valence electrons. The van der Waals surface area contributed by atoms with Crippen LogP contribution in [0.25, 0.3) is 0 Å². The SMILES string of the molecule is CS(=O)(=O)N(CC(=O)NCCOc1ccc(Cl)cc1)c1ccc(F)c(F)c1. The lowest BCUT2D eigenvalue weighted by Gasteiger charge is -2.22. The zero-order valence-corrected chi connectivity index (χ0v) is 15.9. The van der Waals surface area contributed by atoms with Crippen LogP contribution in [0.2, 0.25) is 5.02 Å². The van der Waals surface area contributed by atoms with Crippen LogP contribution in [-0.4, -0.2) is 40.3 Å². The number of nitrogens with zero attached hydrogens (tertiary/aromatic N) is 1. The van der Waals surface area contributed by atoms with Gasteiger partial charge in [0, 0.05) is 11.1 Å². The first-order valence-corrected chi connectivity index (χ1v) is 9.97. The van der Waals surface area contributed by atoms with E-state index in [-0.39, 0.29) is 18.8 Å². The van der Waals surface area contributed by atoms with Gasteiger partial charge in [0.15, 0.2) is 11.6 Å². The fourth-order valence-corrected chi connectivity index (χ4v) is 3.09. The molecule has 6 nitrogen and oxygen atoms in total. The molecule has 1 N–H and O–H groups in total. The van der Waals surface area contributed by atoms with Crippen molar-refractivity contribution in [3.63, 3.8) is 0 Å². The van der Waals surface area contributed by atoms with Gasteiger partial charge in [0.25, 0.3) is 0 Å². The molecule has 0 unspecified atom stereocenters. The standard InChI is InChI=1S/C17H17ClF2N2O4S/c1-27(24,25)22(13-4-7-15(19)16(20)10-13)11-17(23)21-8-9-26-14-5-2-12(18)3-6-14/h2-7,10H,8-9,11H2,1H3,(H,21,23). The van der Waals surface area contributed by atoms with Gasteiger partial charge in [-0.1, -0.05) is 11.6 Å². The number of rotatable bonds is 8. The van der Waals surface area contributed by atoms with Gasteiger partial charge in [-0.15, -0.1) is 0 Å². The molecule has 0 saturated carbocycles. The van der Waals surface area contributed by atoms with Gasteiger partial charge in [0.2, 0.25) is 15.9 Å². The van der Waals surface area contributed by atoms with Crippen molar-refractivity contribution >= 4 is 33.2 Å². The Kier molecular flexibility index (Phi) is 6.98. The largest absolute Gasteiger partial charge is 0.492 e. The molecule has 0 saturated heterocycles. The third-order valence-electron chi connectivity index (χ3n) is 3.39. The highest BCUT2D eigenvalue weighted by atomic mass is 35.5. The van der Waals surface area contributed by atoms with Gasteiger partial charge in [-0.05, 0) is 36.4 Å². The van der Waals surface area contributed by atoms with Crippen LogP contribution in [0.15, 0.2) is 42.5 Å². The zero-order chi connectivity index (χ0) is 20.0. The molecular weight excluding hydrogens is 402 g/mol. The second-order valence-corrected chi connectivity index (χ2v) is 7.86. The second-order valence-electron chi connectivity index (χ2n) is 5.52. The monoisotopic (exact) mass is 418 g/mol. The molecule has 2 aromatic carbocycles. The summed E-state index contributed by atoms with van der Waals surface area (Å²) in [6.45, 7) is -0.306. The number of hydrogen-bond donors (Lipinski definition) is 1. The maximum Gasteiger partial charge on any atom is 0.240 e. The van der Waals surface area contributed by atoms with Crippen molar-refractivity contribution in [3.05, 3.63) is 59.1 Å². The molecule has 0 fully saturated rings. The van der Waals surface area contributed by atoms with E-state index in [0.29, 0.717) is 21.1 Å². The smallest absolute Gasteiger partial charge is 0.240 e. The summed E-state index contributed by atoms with van der Waals surface area (Å²) >= 11 is 5.76. The lowest BCUT2D eigenvalue weighted by Crippen LogP contribution is -2.41. The molecule has 0 spiro atoms. The minimum atomic E-state index is -3.88. The molecule has 0 aliphatic rings. The summed E-state index contributed by atoms with van der Waals surface area (Å²) in [5, 5.41) is 3.06. The van der Waals surface area contributed by atoms with Crippen molar-refractivity contribution in [1.29, 1.82) is 0 Å². The number of benzene rings is 2. The first-order valence-electron chi connectivity index (χ1n) is 7.74. The van der Waals surface area contributed by atoms with Crippen molar-refractivity contribution in [1.82, 2.24) is 5.32 Å². The van der Waals surface area contributed by atoms with Crippen LogP contribution in [0.3, 0.4) is 0 Å². The van der Waals surface area contributed by atoms with Gasteiger partial charge in [-0.25, -0.2) is 17.2 Å². The van der Waals surface area contributed by atoms with Crippen molar-refractivity contribution < 1.29 is 26.7 Å². The van der Waals surface area contributed by atoms with E-state index in [1.165, 1.54) is 0 Å². The zero-order valence-electron chi connectivity index (χ0n) is 14.3. The summed E-state index contributed by atoms with van der Waals surface area (Å²) in [7, 11) is -3.88. The Morgan fingerprint density at radius 2 is 1.81 bits per heavy atom. The van der Waals surface area contributed by atoms with E-state index in [2.05, 4.69) is 5.32 Å². The van der Waals surface area contributed by atoms with E-state index in [4.69, 9.17) is 16.3 Å². The Bertz CT molecular complexity index is 908. The molecule has 2 aromatic rings. The topological polar surface area (TPSA) is 75.7 Å². The predicted octanol–water partition coefficient (Wildman–Crippen LogP) is 2.58. The van der Waals surface area contributed by atoms with Gasteiger partial charge in [0.1, 0.15) is 18.9 Å². The summed E-state index contributed by atoms with van der Waals surface area (Å²) in [6.07, 6.45) is 0.866. The summed E-state index contributed by atoms with van der Waals surface area (Å²) in [6, 6.07) is 9.23. The molecule has 1 amide bonds. The van der Waals surface area contributed by atoms with Crippen LogP contribution in [0.1, 0.15) is 0 Å². The summed E-state index contributed by atoms with van der Waals surface area (Å²) in [5.74, 6) is -2.38. The molecule has 0 aliphatic heterocycles. The van der Waals surface area contributed by atoms with Gasteiger partial charge >= 0.3 is 0 Å². The Labute approximate surface area is 160 Å². The highest BCUT2D eigenvalue weighted by molar-refractivity contribution is 7.92. The average molecular weight is 419 g/mol. The predicted molar refractivity (Wildman–Crippen MR) is 98.5 cm³/mol. The number of amides is 1. The van der Waals surface area contributed by atoms with E-state index >= 15 is 0 Å². The van der Waals surface area contributed by atoms with E-state index in [1.807, 2.05) is 0 Å². The average Bonchev–Trinajstić information content (AvgIpc) is 2.60. The maximum atomic E-state index is 13.4. The molecule has 0 aliphatic carbocycles. The highest BCUT2D eigenvalue weighted by Gasteiger charge is 2.21. The quantitative estimate of drug-likeness (QED) is 0.668. The fraction of sp³-hybridized carbons (Fsp3) is 0.235. The van der Waals surface area contributed by atoms with Gasteiger partial charge < -0.3 is 10.1 Å². The molecular formula is C17H17ClF2N2O4S. The lowest BCUT2D eigenvalue weighted by molar-refractivity contribution is -0.119. The Balaban J connectivity index is 1.92. The van der Waals surface area contributed by atoms with Crippen molar-refractivity contribution in [2.75, 3.05) is 30.3 Å². The van der Waals surface area contributed by atoms with Crippen molar-refractivity contribution in [2.45, 2.75) is 0 Å². The Morgan fingerprint density at radius 1 is 1.15 bits per heavy atom. The number of hydrogen-bond acceptors (Lipinski definition) is 4. The van der Waals surface area contributed by atoms with Crippen LogP contribution >= 0.6 is 11.6 Å². The van der Waals surface area contributed by atoms with Gasteiger partial charge in [0.05, 0.1) is 18.5 Å². The third kappa shape index (κ3) is 6.37. The van der Waals surface area contributed by atoms with Crippen LogP contribution in [-0.2, 0) is 14.8 Å². The normalized spacial score (nSPS) is 11.1. The van der Waals surface area contributed by atoms with Crippen molar-refractivity contribution in [2.24, 2.45) is 0 Å². The van der Waals surface area contributed by atoms with E-state index in [1.54, 1.807) is 24.3 Å². The first kappa shape index (κ1) is 20.9. The maximum absolute atomic E-state index is 13.4. The van der Waals surface area contributed by atoms with E-state index in [0.717, 1.165) is 18.4 Å². The van der Waals surface area contributed by atoms with Crippen LogP contribution < -0.4 is 14.4 Å². The number of ether oxygens (including phenoxy) is 1. The first-order chi connectivity index (χ1) is 12.7. The number of halogens is 3. The number of anilines is 1. The Hall–Kier alpha value is -2.39. The number of carbonyl (C=O) groups excluding carboxylic acids is 1. The molecule has 0 radical (unpaired) electrons. The molecule has 0 atom stereocenters. The molecule has 0 bridgehead atoms. The number of carbonyl (C=O) groups is 1. The fourth-order valence-electron chi connectivity index (χ4n) is 2.12. The van der Waals surface area contributed by atoms with Crippen LogP contribution in [0, 0.1) is 11.6 Å². The van der Waals surface area contributed by atoms with Crippen LogP contribution in [0.5, 0.6) is 5.75 Å². The number of sulfonamides is 1. The lowest BCUT2D eigenvalue weighted by atomic mass is 10.3. The third-order valence-corrected chi connectivity index (χ3v) is 4.78. The highest BCUT2D eigenvalue weighted by Crippen LogP contribution is 2.20. The molecule has 0 aromatic heterocycles. The van der Waals surface area contributed by atoms with Gasteiger partial charge in [-0.2, -0.15) is 0 Å². The van der Waals surface area contributed by atoms with Crippen molar-refractivity contribution in [3.8, 4) is 5.75 Å². The molecule has 0 heterocycles. The van der Waals surface area contributed by atoms with E-state index in [9.17, 15) is 22.0 Å². The summed E-state index contributed by atoms with van der Waals surface area (Å²) < 4.78 is 56.3. The second kappa shape index (κ2) is 9.01. The van der Waals surface area contributed by atoms with E-state index < -0.39 is 34.1 Å². The Morgan fingerprint density at radius 3 is 2.41 bits per heavy atom. The minimum absolute atomic E-state index is 0.122. The summed E-state index contributed by atoms with van der Waals surface area (Å²) in [4.78, 5) is 12.0. The molecule has 27 heavy (non-hydrogen) atoms. The van der Waals surface area contributed by atoms with Crippen LogP contribution in [0.4, 0.5) is 14.5 Å². The number of nitrogens with one attached hydrogen (secondary N) is 1. The van der Waals surface area contributed by atoms with Gasteiger partial charge in [-0.3, -0.25) is 9.10 Å². The molecule has 2 rings (SSSR count). The summed E-state index contributed by atoms with van der Waals surface area (Å²) in [5.41, 5.74) is -0.149.